The minimum atomic E-state index is 0.380. The number of nitrogens with zero attached hydrogens (tertiary/aromatic N) is 4. The molecule has 23 heavy (non-hydrogen) atoms. The molecule has 0 bridgehead atoms. The highest BCUT2D eigenvalue weighted by atomic mass is 35.5. The van der Waals surface area contributed by atoms with Gasteiger partial charge in [0.2, 0.25) is 0 Å². The van der Waals surface area contributed by atoms with Crippen LogP contribution < -0.4 is 5.32 Å². The molecule has 5 nitrogen and oxygen atoms in total. The number of piperidine rings is 1. The van der Waals surface area contributed by atoms with Gasteiger partial charge in [-0.3, -0.25) is 4.40 Å². The average molecular weight is 328 g/mol. The van der Waals surface area contributed by atoms with Crippen molar-refractivity contribution in [1.29, 1.82) is 0 Å². The number of aryl methyl sites for hydroxylation is 1. The lowest BCUT2D eigenvalue weighted by molar-refractivity contribution is 0.446. The number of hydrogen-bond acceptors (Lipinski definition) is 4. The average Bonchev–Trinajstić information content (AvgIpc) is 2.98. The summed E-state index contributed by atoms with van der Waals surface area (Å²) in [4.78, 5) is 13.9. The predicted molar refractivity (Wildman–Crippen MR) is 90.8 cm³/mol. The molecule has 0 spiro atoms. The summed E-state index contributed by atoms with van der Waals surface area (Å²) in [7, 11) is 0. The number of rotatable bonds is 2. The Kier molecular flexibility index (Phi) is 3.75. The van der Waals surface area contributed by atoms with E-state index in [0.717, 1.165) is 48.1 Å². The van der Waals surface area contributed by atoms with Crippen LogP contribution in [0.25, 0.3) is 17.0 Å². The Hall–Kier alpha value is -1.98. The van der Waals surface area contributed by atoms with Gasteiger partial charge in [-0.2, -0.15) is 0 Å². The third-order valence-corrected chi connectivity index (χ3v) is 4.49. The van der Waals surface area contributed by atoms with Crippen molar-refractivity contribution in [2.24, 2.45) is 0 Å². The summed E-state index contributed by atoms with van der Waals surface area (Å²) < 4.78 is 1.98. The summed E-state index contributed by atoms with van der Waals surface area (Å²) in [6, 6.07) is 5.76. The van der Waals surface area contributed by atoms with E-state index in [1.54, 1.807) is 0 Å². The van der Waals surface area contributed by atoms with Crippen LogP contribution in [0.3, 0.4) is 0 Å². The lowest BCUT2D eigenvalue weighted by atomic mass is 9.98. The van der Waals surface area contributed by atoms with Gasteiger partial charge in [0.15, 0.2) is 0 Å². The van der Waals surface area contributed by atoms with Crippen LogP contribution >= 0.6 is 11.6 Å². The molecule has 0 saturated carbocycles. The molecule has 1 aliphatic rings. The number of nitrogens with one attached hydrogen (secondary N) is 1. The molecule has 118 valence electrons. The Morgan fingerprint density at radius 1 is 1.30 bits per heavy atom. The van der Waals surface area contributed by atoms with Crippen LogP contribution in [0.2, 0.25) is 5.02 Å². The molecule has 0 aliphatic carbocycles. The van der Waals surface area contributed by atoms with Crippen molar-refractivity contribution in [3.8, 4) is 11.4 Å². The Labute approximate surface area is 139 Å². The highest BCUT2D eigenvalue weighted by molar-refractivity contribution is 6.30. The van der Waals surface area contributed by atoms with E-state index < -0.39 is 0 Å². The van der Waals surface area contributed by atoms with Gasteiger partial charge in [0.1, 0.15) is 11.5 Å². The molecule has 0 unspecified atom stereocenters. The van der Waals surface area contributed by atoms with E-state index in [4.69, 9.17) is 16.6 Å². The summed E-state index contributed by atoms with van der Waals surface area (Å²) in [5.74, 6) is 1.30. The number of pyridine rings is 1. The quantitative estimate of drug-likeness (QED) is 0.785. The first-order chi connectivity index (χ1) is 11.2. The number of hydrogen-bond donors (Lipinski definition) is 1. The molecule has 3 aromatic rings. The normalized spacial score (nSPS) is 18.4. The first-order valence-electron chi connectivity index (χ1n) is 7.90. The van der Waals surface area contributed by atoms with Crippen LogP contribution in [0.1, 0.15) is 30.3 Å². The first-order valence-corrected chi connectivity index (χ1v) is 8.28. The van der Waals surface area contributed by atoms with Crippen LogP contribution in [-0.2, 0) is 0 Å². The molecular formula is C17H18ClN5. The van der Waals surface area contributed by atoms with E-state index >= 15 is 0 Å². The monoisotopic (exact) mass is 327 g/mol. The van der Waals surface area contributed by atoms with Crippen LogP contribution in [0.5, 0.6) is 0 Å². The molecule has 3 aromatic heterocycles. The fourth-order valence-electron chi connectivity index (χ4n) is 3.12. The van der Waals surface area contributed by atoms with Crippen molar-refractivity contribution < 1.29 is 0 Å². The van der Waals surface area contributed by atoms with Crippen LogP contribution in [-0.4, -0.2) is 32.4 Å². The van der Waals surface area contributed by atoms with Crippen molar-refractivity contribution in [3.05, 3.63) is 47.1 Å². The van der Waals surface area contributed by atoms with Crippen molar-refractivity contribution in [1.82, 2.24) is 24.7 Å². The number of aromatic nitrogens is 4. The van der Waals surface area contributed by atoms with Gasteiger partial charge in [-0.05, 0) is 44.5 Å². The van der Waals surface area contributed by atoms with Gasteiger partial charge in [-0.25, -0.2) is 15.0 Å². The van der Waals surface area contributed by atoms with Crippen LogP contribution in [0.15, 0.2) is 30.6 Å². The van der Waals surface area contributed by atoms with E-state index in [9.17, 15) is 0 Å². The minimum absolute atomic E-state index is 0.380. The summed E-state index contributed by atoms with van der Waals surface area (Å²) in [5.41, 5.74) is 3.68. The van der Waals surface area contributed by atoms with Gasteiger partial charge in [-0.1, -0.05) is 11.6 Å². The second-order valence-corrected chi connectivity index (χ2v) is 6.45. The maximum atomic E-state index is 6.13. The largest absolute Gasteiger partial charge is 0.316 e. The molecule has 6 heteroatoms. The van der Waals surface area contributed by atoms with E-state index in [-0.39, 0.29) is 0 Å². The Bertz CT molecular complexity index is 851. The lowest BCUT2D eigenvalue weighted by Gasteiger charge is -2.22. The molecule has 4 heterocycles. The second-order valence-electron chi connectivity index (χ2n) is 6.01. The fraction of sp³-hybridized carbons (Fsp3) is 0.353. The van der Waals surface area contributed by atoms with Crippen molar-refractivity contribution in [2.45, 2.75) is 25.7 Å². The van der Waals surface area contributed by atoms with Gasteiger partial charge in [-0.15, -0.1) is 0 Å². The van der Waals surface area contributed by atoms with E-state index in [1.165, 1.54) is 6.42 Å². The Morgan fingerprint density at radius 2 is 2.22 bits per heavy atom. The molecule has 1 N–H and O–H groups in total. The summed E-state index contributed by atoms with van der Waals surface area (Å²) in [5, 5.41) is 4.11. The summed E-state index contributed by atoms with van der Waals surface area (Å²) in [6.07, 6.45) is 6.02. The third kappa shape index (κ3) is 2.82. The topological polar surface area (TPSA) is 55.1 Å². The van der Waals surface area contributed by atoms with Crippen LogP contribution in [0.4, 0.5) is 0 Å². The van der Waals surface area contributed by atoms with Crippen molar-refractivity contribution in [3.63, 3.8) is 0 Å². The molecule has 1 atom stereocenters. The Balaban J connectivity index is 1.81. The predicted octanol–water partition coefficient (Wildman–Crippen LogP) is 3.22. The van der Waals surface area contributed by atoms with Crippen molar-refractivity contribution >= 4 is 17.2 Å². The zero-order valence-corrected chi connectivity index (χ0v) is 13.7. The second kappa shape index (κ2) is 5.91. The highest BCUT2D eigenvalue weighted by Gasteiger charge is 2.19. The molecule has 0 radical (unpaired) electrons. The zero-order chi connectivity index (χ0) is 15.8. The van der Waals surface area contributed by atoms with E-state index in [2.05, 4.69) is 15.3 Å². The Morgan fingerprint density at radius 3 is 3.04 bits per heavy atom. The molecular weight excluding hydrogens is 310 g/mol. The number of halogens is 1. The lowest BCUT2D eigenvalue weighted by Crippen LogP contribution is -2.29. The van der Waals surface area contributed by atoms with E-state index in [0.29, 0.717) is 10.9 Å². The zero-order valence-electron chi connectivity index (χ0n) is 13.0. The fourth-order valence-corrected chi connectivity index (χ4v) is 3.28. The third-order valence-electron chi connectivity index (χ3n) is 4.27. The highest BCUT2D eigenvalue weighted by Crippen LogP contribution is 2.25. The SMILES string of the molecule is Cc1cc(-c2cnc3ccc(Cl)cn23)nc([C@@H]2CCCNC2)n1. The van der Waals surface area contributed by atoms with E-state index in [1.807, 2.05) is 41.9 Å². The number of imidazole rings is 1. The first kappa shape index (κ1) is 14.6. The van der Waals surface area contributed by atoms with Gasteiger partial charge >= 0.3 is 0 Å². The summed E-state index contributed by atoms with van der Waals surface area (Å²) in [6.45, 7) is 4.05. The molecule has 1 aliphatic heterocycles. The number of fused-ring (bicyclic) bond motifs is 1. The molecule has 1 saturated heterocycles. The van der Waals surface area contributed by atoms with Gasteiger partial charge < -0.3 is 5.32 Å². The van der Waals surface area contributed by atoms with Gasteiger partial charge in [0.25, 0.3) is 0 Å². The molecule has 0 aromatic carbocycles. The van der Waals surface area contributed by atoms with Crippen LogP contribution in [0, 0.1) is 6.92 Å². The standard InChI is InChI=1S/C17H18ClN5/c1-11-7-14(22-17(21-11)12-3-2-6-19-8-12)15-9-20-16-5-4-13(18)10-23(15)16/h4-5,7,9-10,12,19H,2-3,6,8H2,1H3/t12-/m1/s1. The maximum absolute atomic E-state index is 6.13. The van der Waals surface area contributed by atoms with Gasteiger partial charge in [0, 0.05) is 24.4 Å². The molecule has 1 fully saturated rings. The van der Waals surface area contributed by atoms with Gasteiger partial charge in [0.05, 0.1) is 22.6 Å². The summed E-state index contributed by atoms with van der Waals surface area (Å²) >= 11 is 6.13. The van der Waals surface area contributed by atoms with Crippen molar-refractivity contribution in [2.75, 3.05) is 13.1 Å². The smallest absolute Gasteiger partial charge is 0.137 e. The molecule has 4 rings (SSSR count). The maximum Gasteiger partial charge on any atom is 0.137 e. The molecule has 0 amide bonds. The minimum Gasteiger partial charge on any atom is -0.316 e.